The minimum Gasteiger partial charge on any atom is -0.389 e. The van der Waals surface area contributed by atoms with Gasteiger partial charge in [-0.3, -0.25) is 4.79 Å². The minimum atomic E-state index is -0.126. The van der Waals surface area contributed by atoms with E-state index in [0.29, 0.717) is 16.7 Å². The predicted molar refractivity (Wildman–Crippen MR) is 87.2 cm³/mol. The molecule has 0 unspecified atom stereocenters. The van der Waals surface area contributed by atoms with Crippen LogP contribution in [-0.2, 0) is 0 Å². The molecule has 0 atom stereocenters. The molecule has 0 amide bonds. The Balaban J connectivity index is 1.98. The largest absolute Gasteiger partial charge is 0.389 e. The summed E-state index contributed by atoms with van der Waals surface area (Å²) < 4.78 is 0. The lowest BCUT2D eigenvalue weighted by atomic mass is 10.2. The number of anilines is 2. The van der Waals surface area contributed by atoms with Crippen molar-refractivity contribution in [3.8, 4) is 0 Å². The molecule has 1 fully saturated rings. The number of nitrogens with zero attached hydrogens (tertiary/aromatic N) is 2. The molecule has 1 heterocycles. The van der Waals surface area contributed by atoms with Crippen molar-refractivity contribution >= 4 is 28.7 Å². The molecule has 6 heteroatoms. The molecule has 1 aliphatic rings. The van der Waals surface area contributed by atoms with E-state index in [1.807, 2.05) is 36.2 Å². The van der Waals surface area contributed by atoms with E-state index in [1.165, 1.54) is 6.07 Å². The summed E-state index contributed by atoms with van der Waals surface area (Å²) in [4.78, 5) is 21.4. The van der Waals surface area contributed by atoms with Crippen molar-refractivity contribution in [2.45, 2.75) is 18.8 Å². The van der Waals surface area contributed by atoms with E-state index in [-0.39, 0.29) is 5.56 Å². The second kappa shape index (κ2) is 5.29. The third kappa shape index (κ3) is 2.95. The zero-order valence-electron chi connectivity index (χ0n) is 11.7. The summed E-state index contributed by atoms with van der Waals surface area (Å²) >= 11 is 5.00. The van der Waals surface area contributed by atoms with Gasteiger partial charge in [-0.15, -0.1) is 0 Å². The van der Waals surface area contributed by atoms with Gasteiger partial charge in [0.15, 0.2) is 0 Å². The maximum Gasteiger partial charge on any atom is 0.253 e. The molecule has 2 aromatic rings. The standard InChI is InChI=1S/C15H16N4OS/c1-19(11-4-2-3-10(7-11)14(16)21)12-8-13(20)18-15(17-12)9-5-6-9/h2-4,7-9H,5-6H2,1H3,(H2,16,21)(H,17,18,20). The van der Waals surface area contributed by atoms with Crippen molar-refractivity contribution in [3.05, 3.63) is 52.1 Å². The van der Waals surface area contributed by atoms with Gasteiger partial charge < -0.3 is 15.6 Å². The molecular formula is C15H16N4OS. The van der Waals surface area contributed by atoms with Crippen LogP contribution in [0.1, 0.15) is 30.1 Å². The Kier molecular flexibility index (Phi) is 3.47. The third-order valence-electron chi connectivity index (χ3n) is 3.57. The van der Waals surface area contributed by atoms with Gasteiger partial charge in [-0.1, -0.05) is 24.4 Å². The van der Waals surface area contributed by atoms with Crippen LogP contribution in [0, 0.1) is 0 Å². The average molecular weight is 300 g/mol. The Morgan fingerprint density at radius 2 is 2.19 bits per heavy atom. The number of thiocarbonyl (C=S) groups is 1. The normalized spacial score (nSPS) is 14.0. The van der Waals surface area contributed by atoms with Crippen molar-refractivity contribution in [3.63, 3.8) is 0 Å². The van der Waals surface area contributed by atoms with Crippen LogP contribution in [0.25, 0.3) is 0 Å². The van der Waals surface area contributed by atoms with Crippen molar-refractivity contribution < 1.29 is 0 Å². The molecule has 1 aromatic heterocycles. The molecule has 0 saturated heterocycles. The number of hydrogen-bond acceptors (Lipinski definition) is 4. The lowest BCUT2D eigenvalue weighted by Gasteiger charge is -2.19. The van der Waals surface area contributed by atoms with Crippen molar-refractivity contribution in [2.75, 3.05) is 11.9 Å². The highest BCUT2D eigenvalue weighted by Gasteiger charge is 2.26. The summed E-state index contributed by atoms with van der Waals surface area (Å²) in [6, 6.07) is 9.07. The van der Waals surface area contributed by atoms with E-state index in [1.54, 1.807) is 0 Å². The van der Waals surface area contributed by atoms with Gasteiger partial charge in [-0.2, -0.15) is 0 Å². The fourth-order valence-electron chi connectivity index (χ4n) is 2.19. The topological polar surface area (TPSA) is 75.0 Å². The molecule has 0 spiro atoms. The molecule has 3 N–H and O–H groups in total. The summed E-state index contributed by atoms with van der Waals surface area (Å²) in [6.45, 7) is 0. The molecular weight excluding hydrogens is 284 g/mol. The van der Waals surface area contributed by atoms with Crippen LogP contribution in [0.2, 0.25) is 0 Å². The molecule has 21 heavy (non-hydrogen) atoms. The van der Waals surface area contributed by atoms with E-state index in [9.17, 15) is 4.79 Å². The number of aromatic nitrogens is 2. The molecule has 108 valence electrons. The maximum absolute atomic E-state index is 11.8. The Bertz CT molecular complexity index is 751. The van der Waals surface area contributed by atoms with Gasteiger partial charge >= 0.3 is 0 Å². The minimum absolute atomic E-state index is 0.126. The molecule has 1 saturated carbocycles. The van der Waals surface area contributed by atoms with E-state index in [0.717, 1.165) is 29.9 Å². The van der Waals surface area contributed by atoms with E-state index < -0.39 is 0 Å². The first kappa shape index (κ1) is 13.8. The van der Waals surface area contributed by atoms with Crippen molar-refractivity contribution in [2.24, 2.45) is 5.73 Å². The number of nitrogens with two attached hydrogens (primary N) is 1. The zero-order chi connectivity index (χ0) is 15.0. The van der Waals surface area contributed by atoms with Gasteiger partial charge in [0.25, 0.3) is 5.56 Å². The molecule has 5 nitrogen and oxygen atoms in total. The Morgan fingerprint density at radius 1 is 1.43 bits per heavy atom. The first-order valence-corrected chi connectivity index (χ1v) is 7.20. The van der Waals surface area contributed by atoms with Crippen LogP contribution in [-0.4, -0.2) is 22.0 Å². The lowest BCUT2D eigenvalue weighted by Crippen LogP contribution is -2.18. The van der Waals surface area contributed by atoms with Gasteiger partial charge in [0, 0.05) is 30.3 Å². The Hall–Kier alpha value is -2.21. The molecule has 0 radical (unpaired) electrons. The fraction of sp³-hybridized carbons (Fsp3) is 0.267. The molecule has 1 aromatic carbocycles. The van der Waals surface area contributed by atoms with Gasteiger partial charge in [-0.25, -0.2) is 4.98 Å². The highest BCUT2D eigenvalue weighted by atomic mass is 32.1. The van der Waals surface area contributed by atoms with Gasteiger partial charge in [0.05, 0.1) is 0 Å². The van der Waals surface area contributed by atoms with Gasteiger partial charge in [0.1, 0.15) is 16.6 Å². The van der Waals surface area contributed by atoms with Crippen LogP contribution in [0.15, 0.2) is 35.1 Å². The van der Waals surface area contributed by atoms with Gasteiger partial charge in [0.2, 0.25) is 0 Å². The number of H-pyrrole nitrogens is 1. The molecule has 0 aliphatic heterocycles. The second-order valence-corrected chi connectivity index (χ2v) is 5.68. The average Bonchev–Trinajstić information content (AvgIpc) is 3.30. The molecule has 0 bridgehead atoms. The highest BCUT2D eigenvalue weighted by molar-refractivity contribution is 7.80. The first-order chi connectivity index (χ1) is 10.0. The summed E-state index contributed by atoms with van der Waals surface area (Å²) in [5.74, 6) is 1.80. The SMILES string of the molecule is CN(c1cccc(C(N)=S)c1)c1cc(=O)[nH]c(C2CC2)n1. The van der Waals surface area contributed by atoms with E-state index in [2.05, 4.69) is 9.97 Å². The number of benzene rings is 1. The number of nitrogens with one attached hydrogen (secondary N) is 1. The highest BCUT2D eigenvalue weighted by Crippen LogP contribution is 2.38. The quantitative estimate of drug-likeness (QED) is 0.845. The van der Waals surface area contributed by atoms with Gasteiger partial charge in [-0.05, 0) is 25.0 Å². The van der Waals surface area contributed by atoms with Crippen LogP contribution >= 0.6 is 12.2 Å². The lowest BCUT2D eigenvalue weighted by molar-refractivity contribution is 0.897. The number of rotatable bonds is 4. The van der Waals surface area contributed by atoms with Crippen LogP contribution in [0.5, 0.6) is 0 Å². The Morgan fingerprint density at radius 3 is 2.86 bits per heavy atom. The maximum atomic E-state index is 11.8. The summed E-state index contributed by atoms with van der Waals surface area (Å²) in [6.07, 6.45) is 2.18. The zero-order valence-corrected chi connectivity index (χ0v) is 12.5. The molecule has 1 aliphatic carbocycles. The van der Waals surface area contributed by atoms with E-state index >= 15 is 0 Å². The summed E-state index contributed by atoms with van der Waals surface area (Å²) in [5.41, 5.74) is 7.22. The summed E-state index contributed by atoms with van der Waals surface area (Å²) in [7, 11) is 1.87. The predicted octanol–water partition coefficient (Wildman–Crippen LogP) is 2.05. The van der Waals surface area contributed by atoms with E-state index in [4.69, 9.17) is 18.0 Å². The van der Waals surface area contributed by atoms with Crippen LogP contribution in [0.4, 0.5) is 11.5 Å². The Labute approximate surface area is 127 Å². The second-order valence-electron chi connectivity index (χ2n) is 5.24. The first-order valence-electron chi connectivity index (χ1n) is 6.79. The smallest absolute Gasteiger partial charge is 0.253 e. The monoisotopic (exact) mass is 300 g/mol. The fourth-order valence-corrected chi connectivity index (χ4v) is 2.31. The number of aromatic amines is 1. The van der Waals surface area contributed by atoms with Crippen LogP contribution < -0.4 is 16.2 Å². The summed E-state index contributed by atoms with van der Waals surface area (Å²) in [5, 5.41) is 0. The molecule has 3 rings (SSSR count). The van der Waals surface area contributed by atoms with Crippen molar-refractivity contribution in [1.82, 2.24) is 9.97 Å². The van der Waals surface area contributed by atoms with Crippen molar-refractivity contribution in [1.29, 1.82) is 0 Å². The van der Waals surface area contributed by atoms with Crippen LogP contribution in [0.3, 0.4) is 0 Å². The number of hydrogen-bond donors (Lipinski definition) is 2. The third-order valence-corrected chi connectivity index (χ3v) is 3.81.